The zero-order valence-electron chi connectivity index (χ0n) is 16.1. The van der Waals surface area contributed by atoms with Crippen LogP contribution in [0.3, 0.4) is 0 Å². The number of phenolic OH excluding ortho intramolecular Hbond substituents is 2. The summed E-state index contributed by atoms with van der Waals surface area (Å²) in [5.41, 5.74) is 6.55. The molecule has 0 saturated carbocycles. The van der Waals surface area contributed by atoms with Crippen LogP contribution in [-0.4, -0.2) is 20.2 Å². The SMILES string of the molecule is Cc1ccc(-c2ccc(-c3ccc(-c4cccc(C)c4O)cn3)nc2)c(O)c1.[Mn]. The number of pyridine rings is 2. The van der Waals surface area contributed by atoms with Gasteiger partial charge in [0.15, 0.2) is 0 Å². The molecule has 0 aliphatic carbocycles. The van der Waals surface area contributed by atoms with Crippen molar-refractivity contribution in [2.45, 2.75) is 13.8 Å². The minimum atomic E-state index is 0. The van der Waals surface area contributed by atoms with Gasteiger partial charge in [0, 0.05) is 51.7 Å². The average molecular weight is 423 g/mol. The average Bonchev–Trinajstić information content (AvgIpc) is 2.71. The number of aryl methyl sites for hydroxylation is 2. The van der Waals surface area contributed by atoms with Crippen LogP contribution < -0.4 is 0 Å². The van der Waals surface area contributed by atoms with E-state index in [-0.39, 0.29) is 28.6 Å². The van der Waals surface area contributed by atoms with Crippen molar-refractivity contribution >= 4 is 0 Å². The van der Waals surface area contributed by atoms with Crippen LogP contribution in [0, 0.1) is 13.8 Å². The van der Waals surface area contributed by atoms with Crippen molar-refractivity contribution in [3.05, 3.63) is 84.2 Å². The summed E-state index contributed by atoms with van der Waals surface area (Å²) in [5.74, 6) is 0.521. The largest absolute Gasteiger partial charge is 0.507 e. The van der Waals surface area contributed by atoms with Crippen LogP contribution in [-0.2, 0) is 17.1 Å². The molecule has 2 aromatic heterocycles. The van der Waals surface area contributed by atoms with Crippen LogP contribution in [0.25, 0.3) is 33.6 Å². The fourth-order valence-corrected chi connectivity index (χ4v) is 3.19. The summed E-state index contributed by atoms with van der Waals surface area (Å²) >= 11 is 0. The van der Waals surface area contributed by atoms with E-state index in [1.165, 1.54) is 0 Å². The number of rotatable bonds is 3. The van der Waals surface area contributed by atoms with Gasteiger partial charge >= 0.3 is 0 Å². The summed E-state index contributed by atoms with van der Waals surface area (Å²) in [5, 5.41) is 20.4. The second kappa shape index (κ2) is 8.48. The molecular formula is C24H20MnN2O2. The smallest absolute Gasteiger partial charge is 0.126 e. The van der Waals surface area contributed by atoms with Crippen LogP contribution in [0.5, 0.6) is 11.5 Å². The van der Waals surface area contributed by atoms with E-state index in [9.17, 15) is 10.2 Å². The van der Waals surface area contributed by atoms with Gasteiger partial charge in [-0.15, -0.1) is 0 Å². The molecule has 4 aromatic rings. The Labute approximate surface area is 180 Å². The number of para-hydroxylation sites is 1. The quantitative estimate of drug-likeness (QED) is 0.427. The van der Waals surface area contributed by atoms with E-state index in [2.05, 4.69) is 9.97 Å². The summed E-state index contributed by atoms with van der Waals surface area (Å²) in [6, 6.07) is 18.9. The Balaban J connectivity index is 0.00000240. The van der Waals surface area contributed by atoms with Crippen molar-refractivity contribution in [2.75, 3.05) is 0 Å². The van der Waals surface area contributed by atoms with E-state index in [0.29, 0.717) is 0 Å². The molecule has 1 radical (unpaired) electrons. The molecule has 29 heavy (non-hydrogen) atoms. The van der Waals surface area contributed by atoms with Crippen LogP contribution in [0.1, 0.15) is 11.1 Å². The first-order valence-electron chi connectivity index (χ1n) is 9.04. The normalized spacial score (nSPS) is 10.4. The number of aromatic nitrogens is 2. The van der Waals surface area contributed by atoms with Crippen LogP contribution in [0.2, 0.25) is 0 Å². The molecule has 0 bridgehead atoms. The van der Waals surface area contributed by atoms with Crippen molar-refractivity contribution < 1.29 is 27.3 Å². The van der Waals surface area contributed by atoms with Crippen LogP contribution in [0.4, 0.5) is 0 Å². The number of benzene rings is 2. The first kappa shape index (κ1) is 20.6. The summed E-state index contributed by atoms with van der Waals surface area (Å²) in [6.45, 7) is 3.81. The molecule has 2 aromatic carbocycles. The van der Waals surface area contributed by atoms with Gasteiger partial charge in [-0.05, 0) is 43.2 Å². The first-order valence-corrected chi connectivity index (χ1v) is 9.04. The van der Waals surface area contributed by atoms with Crippen molar-refractivity contribution in [2.24, 2.45) is 0 Å². The Kier molecular flexibility index (Phi) is 6.02. The van der Waals surface area contributed by atoms with E-state index in [1.54, 1.807) is 18.5 Å². The van der Waals surface area contributed by atoms with E-state index >= 15 is 0 Å². The number of aromatic hydroxyl groups is 2. The maximum absolute atomic E-state index is 10.3. The predicted molar refractivity (Wildman–Crippen MR) is 111 cm³/mol. The van der Waals surface area contributed by atoms with E-state index in [0.717, 1.165) is 44.8 Å². The molecular weight excluding hydrogens is 403 g/mol. The predicted octanol–water partition coefficient (Wildman–Crippen LogP) is 5.50. The fourth-order valence-electron chi connectivity index (χ4n) is 3.19. The Morgan fingerprint density at radius 2 is 1.31 bits per heavy atom. The topological polar surface area (TPSA) is 66.2 Å². The van der Waals surface area contributed by atoms with Gasteiger partial charge in [-0.25, -0.2) is 0 Å². The maximum Gasteiger partial charge on any atom is 0.126 e. The van der Waals surface area contributed by atoms with Gasteiger partial charge in [-0.3, -0.25) is 9.97 Å². The summed E-state index contributed by atoms with van der Waals surface area (Å²) < 4.78 is 0. The summed E-state index contributed by atoms with van der Waals surface area (Å²) in [7, 11) is 0. The molecule has 0 atom stereocenters. The second-order valence-corrected chi connectivity index (χ2v) is 6.86. The van der Waals surface area contributed by atoms with Crippen molar-refractivity contribution in [3.63, 3.8) is 0 Å². The van der Waals surface area contributed by atoms with E-state index in [4.69, 9.17) is 0 Å². The Bertz CT molecular complexity index is 1140. The number of nitrogens with zero attached hydrogens (tertiary/aromatic N) is 2. The molecule has 0 spiro atoms. The molecule has 145 valence electrons. The third-order valence-corrected chi connectivity index (χ3v) is 4.80. The van der Waals surface area contributed by atoms with Gasteiger partial charge in [0.1, 0.15) is 11.5 Å². The number of hydrogen-bond donors (Lipinski definition) is 2. The molecule has 0 fully saturated rings. The zero-order chi connectivity index (χ0) is 19.7. The minimum absolute atomic E-state index is 0. The first-order chi connectivity index (χ1) is 13.5. The Morgan fingerprint density at radius 1 is 0.690 bits per heavy atom. The monoisotopic (exact) mass is 423 g/mol. The Hall–Kier alpha value is -3.14. The molecule has 5 heteroatoms. The molecule has 0 aliphatic rings. The zero-order valence-corrected chi connectivity index (χ0v) is 17.3. The maximum atomic E-state index is 10.3. The second-order valence-electron chi connectivity index (χ2n) is 6.86. The third kappa shape index (κ3) is 4.16. The summed E-state index contributed by atoms with van der Waals surface area (Å²) in [4.78, 5) is 9.00. The molecule has 0 amide bonds. The van der Waals surface area contributed by atoms with E-state index in [1.807, 2.05) is 68.4 Å². The third-order valence-electron chi connectivity index (χ3n) is 4.80. The van der Waals surface area contributed by atoms with Crippen molar-refractivity contribution in [1.82, 2.24) is 9.97 Å². The van der Waals surface area contributed by atoms with Crippen molar-refractivity contribution in [1.29, 1.82) is 0 Å². The molecule has 2 heterocycles. The molecule has 0 saturated heterocycles. The van der Waals surface area contributed by atoms with Gasteiger partial charge in [0.25, 0.3) is 0 Å². The minimum Gasteiger partial charge on any atom is -0.507 e. The van der Waals surface area contributed by atoms with Gasteiger partial charge < -0.3 is 10.2 Å². The van der Waals surface area contributed by atoms with E-state index < -0.39 is 0 Å². The van der Waals surface area contributed by atoms with Gasteiger partial charge in [-0.2, -0.15) is 0 Å². The number of hydrogen-bond acceptors (Lipinski definition) is 4. The summed E-state index contributed by atoms with van der Waals surface area (Å²) in [6.07, 6.45) is 3.48. The number of phenols is 2. The van der Waals surface area contributed by atoms with Crippen LogP contribution >= 0.6 is 0 Å². The molecule has 4 rings (SSSR count). The van der Waals surface area contributed by atoms with Gasteiger partial charge in [-0.1, -0.05) is 42.5 Å². The Morgan fingerprint density at radius 3 is 1.86 bits per heavy atom. The standard InChI is InChI=1S/C24H20N2O2.Mn/c1-15-6-9-19(23(27)12-15)17-7-10-21(25-13-17)22-11-8-18(14-26-22)20-5-3-4-16(2)24(20)28;/h3-14,27-28H,1-2H3;. The van der Waals surface area contributed by atoms with Crippen LogP contribution in [0.15, 0.2) is 73.1 Å². The van der Waals surface area contributed by atoms with Crippen molar-refractivity contribution in [3.8, 4) is 45.1 Å². The fraction of sp³-hybridized carbons (Fsp3) is 0.0833. The molecule has 4 nitrogen and oxygen atoms in total. The molecule has 2 N–H and O–H groups in total. The molecule has 0 unspecified atom stereocenters. The van der Waals surface area contributed by atoms with Gasteiger partial charge in [0.05, 0.1) is 11.4 Å². The van der Waals surface area contributed by atoms with Gasteiger partial charge in [0.2, 0.25) is 0 Å². The molecule has 0 aliphatic heterocycles.